The van der Waals surface area contributed by atoms with Gasteiger partial charge in [0.25, 0.3) is 0 Å². The minimum atomic E-state index is -0.317. The Labute approximate surface area is 163 Å². The predicted molar refractivity (Wildman–Crippen MR) is 110 cm³/mol. The van der Waals surface area contributed by atoms with Crippen molar-refractivity contribution in [1.29, 1.82) is 0 Å². The molecule has 0 bridgehead atoms. The number of esters is 1. The molecule has 2 rings (SSSR count). The molecule has 0 aliphatic carbocycles. The van der Waals surface area contributed by atoms with Crippen molar-refractivity contribution in [3.05, 3.63) is 65.2 Å². The molecule has 2 aromatic rings. The molecule has 0 fully saturated rings. The topological polar surface area (TPSA) is 35.5 Å². The maximum absolute atomic E-state index is 12.6. The van der Waals surface area contributed by atoms with Crippen LogP contribution in [0.1, 0.15) is 86.9 Å². The van der Waals surface area contributed by atoms with Gasteiger partial charge in [-0.1, -0.05) is 57.5 Å². The Bertz CT molecular complexity index is 706. The van der Waals surface area contributed by atoms with Crippen molar-refractivity contribution >= 4 is 5.97 Å². The van der Waals surface area contributed by atoms with E-state index in [1.807, 2.05) is 49.4 Å². The van der Waals surface area contributed by atoms with Crippen molar-refractivity contribution in [2.24, 2.45) is 0 Å². The second kappa shape index (κ2) is 10.9. The Kier molecular flexibility index (Phi) is 8.53. The predicted octanol–water partition coefficient (Wildman–Crippen LogP) is 6.69. The van der Waals surface area contributed by atoms with Crippen LogP contribution in [-0.4, -0.2) is 12.6 Å². The van der Waals surface area contributed by atoms with Crippen molar-refractivity contribution in [2.45, 2.75) is 65.4 Å². The summed E-state index contributed by atoms with van der Waals surface area (Å²) in [5.74, 6) is 0.770. The molecule has 3 nitrogen and oxygen atoms in total. The van der Waals surface area contributed by atoms with Crippen LogP contribution in [0.2, 0.25) is 0 Å². The maximum atomic E-state index is 12.6. The monoisotopic (exact) mass is 368 g/mol. The molecule has 0 amide bonds. The molecule has 0 aliphatic rings. The SMILES string of the molecule is CCCOC(C)c1ccc(C(=O)Oc2ccccc2C(CC)CCC)cc1. The van der Waals surface area contributed by atoms with Gasteiger partial charge in [-0.05, 0) is 61.4 Å². The number of carbonyl (C=O) groups is 1. The number of benzene rings is 2. The number of rotatable bonds is 10. The van der Waals surface area contributed by atoms with E-state index in [1.165, 1.54) is 0 Å². The van der Waals surface area contributed by atoms with Crippen molar-refractivity contribution in [1.82, 2.24) is 0 Å². The molecule has 0 heterocycles. The summed E-state index contributed by atoms with van der Waals surface area (Å²) in [5, 5.41) is 0. The molecule has 0 radical (unpaired) electrons. The van der Waals surface area contributed by atoms with Crippen LogP contribution < -0.4 is 4.74 Å². The average Bonchev–Trinajstić information content (AvgIpc) is 2.71. The molecule has 2 atom stereocenters. The Balaban J connectivity index is 2.11. The van der Waals surface area contributed by atoms with Gasteiger partial charge in [0.15, 0.2) is 0 Å². The van der Waals surface area contributed by atoms with E-state index in [2.05, 4.69) is 26.8 Å². The highest BCUT2D eigenvalue weighted by atomic mass is 16.5. The van der Waals surface area contributed by atoms with Gasteiger partial charge in [0.05, 0.1) is 11.7 Å². The zero-order valence-corrected chi connectivity index (χ0v) is 17.0. The second-order valence-electron chi connectivity index (χ2n) is 6.96. The highest BCUT2D eigenvalue weighted by Gasteiger charge is 2.17. The second-order valence-corrected chi connectivity index (χ2v) is 6.96. The molecule has 0 saturated carbocycles. The number of hydrogen-bond donors (Lipinski definition) is 0. The van der Waals surface area contributed by atoms with E-state index in [0.717, 1.165) is 43.4 Å². The normalized spacial score (nSPS) is 13.2. The minimum absolute atomic E-state index is 0.0232. The first kappa shape index (κ1) is 21.2. The molecular formula is C24H32O3. The Morgan fingerprint density at radius 3 is 2.30 bits per heavy atom. The summed E-state index contributed by atoms with van der Waals surface area (Å²) in [5.41, 5.74) is 2.74. The van der Waals surface area contributed by atoms with Crippen molar-refractivity contribution in [2.75, 3.05) is 6.61 Å². The van der Waals surface area contributed by atoms with Gasteiger partial charge in [-0.25, -0.2) is 4.79 Å². The first-order valence-electron chi connectivity index (χ1n) is 10.1. The van der Waals surface area contributed by atoms with Crippen molar-refractivity contribution < 1.29 is 14.3 Å². The first-order chi connectivity index (χ1) is 13.1. The molecule has 2 unspecified atom stereocenters. The van der Waals surface area contributed by atoms with Gasteiger partial charge < -0.3 is 9.47 Å². The van der Waals surface area contributed by atoms with E-state index in [9.17, 15) is 4.79 Å². The fourth-order valence-corrected chi connectivity index (χ4v) is 3.28. The molecule has 0 N–H and O–H groups in total. The van der Waals surface area contributed by atoms with Gasteiger partial charge in [-0.15, -0.1) is 0 Å². The molecular weight excluding hydrogens is 336 g/mol. The summed E-state index contributed by atoms with van der Waals surface area (Å²) in [6, 6.07) is 15.4. The standard InChI is InChI=1S/C24H32O3/c1-5-10-19(7-3)22-11-8-9-12-23(22)27-24(25)21-15-13-20(14-16-21)18(4)26-17-6-2/h8-9,11-16,18-19H,5-7,10,17H2,1-4H3. The van der Waals surface area contributed by atoms with Crippen LogP contribution in [0, 0.1) is 0 Å². The van der Waals surface area contributed by atoms with E-state index in [-0.39, 0.29) is 12.1 Å². The van der Waals surface area contributed by atoms with E-state index in [4.69, 9.17) is 9.47 Å². The Morgan fingerprint density at radius 1 is 0.963 bits per heavy atom. The summed E-state index contributed by atoms with van der Waals surface area (Å²) >= 11 is 0. The lowest BCUT2D eigenvalue weighted by molar-refractivity contribution is 0.0660. The van der Waals surface area contributed by atoms with Gasteiger partial charge in [-0.2, -0.15) is 0 Å². The number of ether oxygens (including phenoxy) is 2. The Hall–Kier alpha value is -2.13. The van der Waals surface area contributed by atoms with Crippen LogP contribution >= 0.6 is 0 Å². The van der Waals surface area contributed by atoms with Crippen LogP contribution in [0.15, 0.2) is 48.5 Å². The molecule has 0 aromatic heterocycles. The summed E-state index contributed by atoms with van der Waals surface area (Å²) < 4.78 is 11.5. The average molecular weight is 369 g/mol. The van der Waals surface area contributed by atoms with Crippen molar-refractivity contribution in [3.8, 4) is 5.75 Å². The van der Waals surface area contributed by atoms with Gasteiger partial charge >= 0.3 is 5.97 Å². The summed E-state index contributed by atoms with van der Waals surface area (Å²) in [7, 11) is 0. The van der Waals surface area contributed by atoms with Gasteiger partial charge in [-0.3, -0.25) is 0 Å². The van der Waals surface area contributed by atoms with Crippen LogP contribution in [0.5, 0.6) is 5.75 Å². The molecule has 27 heavy (non-hydrogen) atoms. The third-order valence-corrected chi connectivity index (χ3v) is 4.88. The zero-order valence-electron chi connectivity index (χ0n) is 17.0. The van der Waals surface area contributed by atoms with Crippen LogP contribution in [0.4, 0.5) is 0 Å². The zero-order chi connectivity index (χ0) is 19.6. The third-order valence-electron chi connectivity index (χ3n) is 4.88. The molecule has 0 aliphatic heterocycles. The summed E-state index contributed by atoms with van der Waals surface area (Å²) in [6.45, 7) is 9.21. The van der Waals surface area contributed by atoms with E-state index < -0.39 is 0 Å². The first-order valence-corrected chi connectivity index (χ1v) is 10.1. The fourth-order valence-electron chi connectivity index (χ4n) is 3.28. The van der Waals surface area contributed by atoms with Gasteiger partial charge in [0.1, 0.15) is 5.75 Å². The summed E-state index contributed by atoms with van der Waals surface area (Å²) in [6.07, 6.45) is 4.25. The van der Waals surface area contributed by atoms with Crippen molar-refractivity contribution in [3.63, 3.8) is 0 Å². The van der Waals surface area contributed by atoms with Crippen LogP contribution in [0.25, 0.3) is 0 Å². The fraction of sp³-hybridized carbons (Fsp3) is 0.458. The smallest absolute Gasteiger partial charge is 0.343 e. The van der Waals surface area contributed by atoms with Gasteiger partial charge in [0.2, 0.25) is 0 Å². The lowest BCUT2D eigenvalue weighted by Crippen LogP contribution is -2.11. The van der Waals surface area contributed by atoms with E-state index >= 15 is 0 Å². The Morgan fingerprint density at radius 2 is 1.67 bits per heavy atom. The largest absolute Gasteiger partial charge is 0.423 e. The number of carbonyl (C=O) groups excluding carboxylic acids is 1. The van der Waals surface area contributed by atoms with E-state index in [0.29, 0.717) is 17.2 Å². The summed E-state index contributed by atoms with van der Waals surface area (Å²) in [4.78, 5) is 12.6. The molecule has 2 aromatic carbocycles. The van der Waals surface area contributed by atoms with Gasteiger partial charge in [0, 0.05) is 6.61 Å². The number of hydrogen-bond acceptors (Lipinski definition) is 3. The molecule has 0 saturated heterocycles. The number of para-hydroxylation sites is 1. The van der Waals surface area contributed by atoms with Crippen LogP contribution in [0.3, 0.4) is 0 Å². The quantitative estimate of drug-likeness (QED) is 0.346. The molecule has 3 heteroatoms. The molecule has 0 spiro atoms. The highest BCUT2D eigenvalue weighted by Crippen LogP contribution is 2.32. The lowest BCUT2D eigenvalue weighted by Gasteiger charge is -2.18. The molecule has 146 valence electrons. The van der Waals surface area contributed by atoms with E-state index in [1.54, 1.807) is 0 Å². The minimum Gasteiger partial charge on any atom is -0.423 e. The lowest BCUT2D eigenvalue weighted by atomic mass is 9.91. The third kappa shape index (κ3) is 5.93. The maximum Gasteiger partial charge on any atom is 0.343 e. The highest BCUT2D eigenvalue weighted by molar-refractivity contribution is 5.91. The van der Waals surface area contributed by atoms with Crippen LogP contribution in [-0.2, 0) is 4.74 Å².